The molecule has 10 nitrogen and oxygen atoms in total. The van der Waals surface area contributed by atoms with E-state index in [1.807, 2.05) is 12.1 Å². The molecule has 0 saturated heterocycles. The molecule has 2 heterocycles. The molecule has 0 aliphatic carbocycles. The van der Waals surface area contributed by atoms with E-state index in [-0.39, 0.29) is 41.6 Å². The second-order valence-electron chi connectivity index (χ2n) is 9.30. The second kappa shape index (κ2) is 9.73. The van der Waals surface area contributed by atoms with Crippen molar-refractivity contribution in [2.45, 2.75) is 12.8 Å². The highest BCUT2D eigenvalue weighted by Crippen LogP contribution is 2.41. The van der Waals surface area contributed by atoms with Gasteiger partial charge in [0.05, 0.1) is 0 Å². The third-order valence-electron chi connectivity index (χ3n) is 6.81. The third-order valence-corrected chi connectivity index (χ3v) is 6.81. The summed E-state index contributed by atoms with van der Waals surface area (Å²) >= 11 is 0. The summed E-state index contributed by atoms with van der Waals surface area (Å²) in [5.74, 6) is -1.79. The fraction of sp³-hybridized carbons (Fsp3) is 0.133. The maximum atomic E-state index is 13.5. The van der Waals surface area contributed by atoms with Gasteiger partial charge in [0.25, 0.3) is 0 Å². The highest BCUT2D eigenvalue weighted by Gasteiger charge is 2.27. The Morgan fingerprint density at radius 1 is 0.575 bits per heavy atom. The van der Waals surface area contributed by atoms with Crippen LogP contribution in [0.25, 0.3) is 11.1 Å². The first-order valence-electron chi connectivity index (χ1n) is 12.3. The Morgan fingerprint density at radius 2 is 1.15 bits per heavy atom. The number of aromatic hydroxyl groups is 4. The number of Topliss-reactive ketones (excluding diaryl/α,β-unsaturated/α-hetero) is 2. The summed E-state index contributed by atoms with van der Waals surface area (Å²) in [6.45, 7) is 0.136. The Labute approximate surface area is 227 Å². The minimum Gasteiger partial charge on any atom is -0.504 e. The van der Waals surface area contributed by atoms with Crippen molar-refractivity contribution in [1.29, 1.82) is 0 Å². The van der Waals surface area contributed by atoms with Gasteiger partial charge in [-0.3, -0.25) is 9.59 Å². The van der Waals surface area contributed by atoms with Crippen LogP contribution in [0.15, 0.2) is 60.7 Å². The maximum absolute atomic E-state index is 13.5. The molecule has 0 aromatic heterocycles. The van der Waals surface area contributed by atoms with E-state index in [9.17, 15) is 30.0 Å². The molecule has 2 aliphatic rings. The number of carbonyl (C=O) groups excluding carboxylic acids is 2. The zero-order chi connectivity index (χ0) is 28.0. The molecule has 0 bridgehead atoms. The van der Waals surface area contributed by atoms with Crippen molar-refractivity contribution in [1.82, 2.24) is 0 Å². The molecular weight excluding hydrogens is 520 g/mol. The number of rotatable bonds is 7. The Kier molecular flexibility index (Phi) is 6.07. The molecule has 0 spiro atoms. The lowest BCUT2D eigenvalue weighted by Gasteiger charge is -2.16. The Morgan fingerprint density at radius 3 is 1.88 bits per heavy atom. The summed E-state index contributed by atoms with van der Waals surface area (Å²) in [5.41, 5.74) is 1.64. The van der Waals surface area contributed by atoms with Crippen LogP contribution in [0.3, 0.4) is 0 Å². The van der Waals surface area contributed by atoms with E-state index in [4.69, 9.17) is 18.9 Å². The van der Waals surface area contributed by atoms with Crippen LogP contribution >= 0.6 is 0 Å². The highest BCUT2D eigenvalue weighted by atomic mass is 16.7. The molecule has 0 fully saturated rings. The normalized spacial score (nSPS) is 12.9. The molecule has 6 rings (SSSR count). The number of hydrogen-bond donors (Lipinski definition) is 4. The number of fused-ring (bicyclic) bond motifs is 2. The van der Waals surface area contributed by atoms with Gasteiger partial charge in [0.1, 0.15) is 0 Å². The first-order chi connectivity index (χ1) is 19.3. The highest BCUT2D eigenvalue weighted by molar-refractivity contribution is 6.50. The van der Waals surface area contributed by atoms with Gasteiger partial charge in [-0.15, -0.1) is 0 Å². The van der Waals surface area contributed by atoms with Gasteiger partial charge in [0, 0.05) is 11.1 Å². The van der Waals surface area contributed by atoms with Crippen LogP contribution in [-0.4, -0.2) is 45.6 Å². The quantitative estimate of drug-likeness (QED) is 0.149. The predicted octanol–water partition coefficient (Wildman–Crippen LogP) is 4.48. The number of ketones is 2. The summed E-state index contributed by atoms with van der Waals surface area (Å²) in [5, 5.41) is 41.2. The number of ether oxygens (including phenoxy) is 4. The van der Waals surface area contributed by atoms with Gasteiger partial charge < -0.3 is 39.4 Å². The van der Waals surface area contributed by atoms with E-state index < -0.39 is 28.8 Å². The lowest BCUT2D eigenvalue weighted by atomic mass is 9.88. The average Bonchev–Trinajstić information content (AvgIpc) is 3.62. The maximum Gasteiger partial charge on any atom is 0.234 e. The van der Waals surface area contributed by atoms with Crippen LogP contribution in [-0.2, 0) is 12.8 Å². The van der Waals surface area contributed by atoms with Gasteiger partial charge >= 0.3 is 0 Å². The van der Waals surface area contributed by atoms with E-state index in [2.05, 4.69) is 0 Å². The van der Waals surface area contributed by atoms with Crippen molar-refractivity contribution < 1.29 is 49.0 Å². The number of phenols is 4. The van der Waals surface area contributed by atoms with E-state index in [0.717, 1.165) is 17.7 Å². The number of benzene rings is 4. The first-order valence-corrected chi connectivity index (χ1v) is 12.3. The second-order valence-corrected chi connectivity index (χ2v) is 9.30. The third kappa shape index (κ3) is 4.45. The molecular formula is C30H22O10. The van der Waals surface area contributed by atoms with Crippen molar-refractivity contribution in [3.8, 4) is 57.1 Å². The molecule has 4 aromatic carbocycles. The van der Waals surface area contributed by atoms with Crippen molar-refractivity contribution in [2.75, 3.05) is 13.6 Å². The lowest BCUT2D eigenvalue weighted by Crippen LogP contribution is -2.16. The van der Waals surface area contributed by atoms with Crippen molar-refractivity contribution in [3.05, 3.63) is 82.9 Å². The van der Waals surface area contributed by atoms with E-state index in [1.165, 1.54) is 30.3 Å². The van der Waals surface area contributed by atoms with Gasteiger partial charge in [0.2, 0.25) is 25.2 Å². The summed E-state index contributed by atoms with van der Waals surface area (Å²) in [6, 6.07) is 14.6. The molecule has 2 aliphatic heterocycles. The van der Waals surface area contributed by atoms with Crippen LogP contribution in [0, 0.1) is 0 Å². The molecule has 0 amide bonds. The molecule has 202 valence electrons. The van der Waals surface area contributed by atoms with Crippen LogP contribution in [0.4, 0.5) is 0 Å². The number of phenolic OH excluding ortho intramolecular Hbond substituents is 4. The van der Waals surface area contributed by atoms with E-state index in [1.54, 1.807) is 6.07 Å². The Balaban J connectivity index is 1.38. The molecule has 40 heavy (non-hydrogen) atoms. The summed E-state index contributed by atoms with van der Waals surface area (Å²) in [4.78, 5) is 26.7. The average molecular weight is 542 g/mol. The SMILES string of the molecule is O=C(C(=O)c1cc(O)c(O)cc1-c1cc(O)c(O)cc1CCc1ccc2c(c1)OCO2)c1ccc2c(c1)OCO2. The molecule has 4 aromatic rings. The minimum absolute atomic E-state index is 0.00368. The van der Waals surface area contributed by atoms with Crippen LogP contribution in [0.2, 0.25) is 0 Å². The number of carbonyl (C=O) groups is 2. The molecule has 10 heteroatoms. The minimum atomic E-state index is -0.960. The van der Waals surface area contributed by atoms with Crippen molar-refractivity contribution in [3.63, 3.8) is 0 Å². The summed E-state index contributed by atoms with van der Waals surface area (Å²) in [6.07, 6.45) is 0.825. The lowest BCUT2D eigenvalue weighted by molar-refractivity contribution is 0.0817. The van der Waals surface area contributed by atoms with Crippen LogP contribution < -0.4 is 18.9 Å². The van der Waals surface area contributed by atoms with Crippen molar-refractivity contribution >= 4 is 11.6 Å². The van der Waals surface area contributed by atoms with Gasteiger partial charge in [0.15, 0.2) is 46.0 Å². The van der Waals surface area contributed by atoms with Gasteiger partial charge in [-0.2, -0.15) is 0 Å². The smallest absolute Gasteiger partial charge is 0.234 e. The fourth-order valence-electron chi connectivity index (χ4n) is 4.73. The fourth-order valence-corrected chi connectivity index (χ4v) is 4.73. The van der Waals surface area contributed by atoms with Gasteiger partial charge in [-0.25, -0.2) is 0 Å². The molecule has 0 radical (unpaired) electrons. The first kappa shape index (κ1) is 24.9. The standard InChI is InChI=1S/C30H22O10/c31-21-8-16(3-1-15-2-5-25-27(7-15)39-13-37-25)18(10-22(21)32)19-11-23(33)24(34)12-20(19)30(36)29(35)17-4-6-26-28(9-17)40-14-38-26/h2,4-12,31-34H,1,3,13-14H2. The topological polar surface area (TPSA) is 152 Å². The van der Waals surface area contributed by atoms with Gasteiger partial charge in [-0.05, 0) is 89.7 Å². The van der Waals surface area contributed by atoms with E-state index >= 15 is 0 Å². The molecule has 0 unspecified atom stereocenters. The number of aryl methyl sites for hydroxylation is 2. The molecule has 0 atom stereocenters. The zero-order valence-electron chi connectivity index (χ0n) is 20.8. The monoisotopic (exact) mass is 542 g/mol. The largest absolute Gasteiger partial charge is 0.504 e. The van der Waals surface area contributed by atoms with Crippen LogP contribution in [0.5, 0.6) is 46.0 Å². The summed E-state index contributed by atoms with van der Waals surface area (Å²) in [7, 11) is 0. The van der Waals surface area contributed by atoms with Gasteiger partial charge in [-0.1, -0.05) is 6.07 Å². The molecule has 0 saturated carbocycles. The molecule has 4 N–H and O–H groups in total. The van der Waals surface area contributed by atoms with Crippen LogP contribution in [0.1, 0.15) is 31.8 Å². The van der Waals surface area contributed by atoms with Crippen molar-refractivity contribution in [2.24, 2.45) is 0 Å². The summed E-state index contributed by atoms with van der Waals surface area (Å²) < 4.78 is 21.4. The van der Waals surface area contributed by atoms with E-state index in [0.29, 0.717) is 41.4 Å². The number of hydrogen-bond acceptors (Lipinski definition) is 10. The predicted molar refractivity (Wildman–Crippen MR) is 140 cm³/mol. The Hall–Kier alpha value is -5.38. The zero-order valence-corrected chi connectivity index (χ0v) is 20.8. The Bertz CT molecular complexity index is 1690.